The Morgan fingerprint density at radius 3 is 2.73 bits per heavy atom. The van der Waals surface area contributed by atoms with Gasteiger partial charge in [0.1, 0.15) is 0 Å². The van der Waals surface area contributed by atoms with Crippen LogP contribution in [-0.4, -0.2) is 60.9 Å². The minimum Gasteiger partial charge on any atom is -0.350 e. The van der Waals surface area contributed by atoms with Gasteiger partial charge in [0.2, 0.25) is 15.9 Å². The summed E-state index contributed by atoms with van der Waals surface area (Å²) in [5.41, 5.74) is -0.554. The van der Waals surface area contributed by atoms with E-state index in [4.69, 9.17) is 5.41 Å². The van der Waals surface area contributed by atoms with Gasteiger partial charge in [-0.3, -0.25) is 15.1 Å². The molecule has 0 aromatic rings. The van der Waals surface area contributed by atoms with Crippen LogP contribution in [0.25, 0.3) is 0 Å². The first kappa shape index (κ1) is 17.2. The molecular weight excluding hydrogens is 304 g/mol. The number of amides is 1. The maximum absolute atomic E-state index is 12.3. The van der Waals surface area contributed by atoms with Gasteiger partial charge in [0.15, 0.2) is 5.96 Å². The first-order valence-electron chi connectivity index (χ1n) is 7.80. The molecule has 8 heteroatoms. The number of sulfonamides is 1. The molecule has 7 nitrogen and oxygen atoms in total. The number of nitrogens with one attached hydrogen (secondary N) is 2. The summed E-state index contributed by atoms with van der Waals surface area (Å²) in [5.74, 6) is 0.194. The van der Waals surface area contributed by atoms with Crippen LogP contribution in [0.15, 0.2) is 0 Å². The normalized spacial score (nSPS) is 31.2. The molecule has 2 N–H and O–H groups in total. The fourth-order valence-corrected chi connectivity index (χ4v) is 4.89. The Bertz CT molecular complexity index is 542. The number of hydrogen-bond donors (Lipinski definition) is 2. The number of carbonyl (C=O) groups is 1. The topological polar surface area (TPSA) is 93.6 Å². The van der Waals surface area contributed by atoms with Crippen LogP contribution in [0.5, 0.6) is 0 Å². The van der Waals surface area contributed by atoms with Crippen LogP contribution in [0.2, 0.25) is 0 Å². The minimum atomic E-state index is -3.21. The van der Waals surface area contributed by atoms with Gasteiger partial charge in [-0.2, -0.15) is 0 Å². The van der Waals surface area contributed by atoms with Gasteiger partial charge in [-0.25, -0.2) is 12.7 Å². The largest absolute Gasteiger partial charge is 0.350 e. The van der Waals surface area contributed by atoms with E-state index in [0.29, 0.717) is 19.5 Å². The van der Waals surface area contributed by atoms with E-state index in [0.717, 1.165) is 12.8 Å². The summed E-state index contributed by atoms with van der Waals surface area (Å²) >= 11 is 0. The Balaban J connectivity index is 2.15. The van der Waals surface area contributed by atoms with Crippen LogP contribution < -0.4 is 5.32 Å². The van der Waals surface area contributed by atoms with Gasteiger partial charge in [0, 0.05) is 20.1 Å². The van der Waals surface area contributed by atoms with Crippen molar-refractivity contribution in [2.24, 2.45) is 5.92 Å². The zero-order valence-electron chi connectivity index (χ0n) is 13.6. The van der Waals surface area contributed by atoms with Crippen molar-refractivity contribution in [2.45, 2.75) is 45.1 Å². The van der Waals surface area contributed by atoms with E-state index in [1.807, 2.05) is 13.8 Å². The highest BCUT2D eigenvalue weighted by Crippen LogP contribution is 2.33. The van der Waals surface area contributed by atoms with Crippen molar-refractivity contribution in [3.8, 4) is 0 Å². The summed E-state index contributed by atoms with van der Waals surface area (Å²) in [4.78, 5) is 13.4. The first-order chi connectivity index (χ1) is 10.2. The van der Waals surface area contributed by atoms with Crippen LogP contribution in [-0.2, 0) is 14.8 Å². The van der Waals surface area contributed by atoms with Crippen molar-refractivity contribution in [3.63, 3.8) is 0 Å². The molecule has 2 heterocycles. The Morgan fingerprint density at radius 1 is 1.45 bits per heavy atom. The smallest absolute Gasteiger partial charge is 0.231 e. The Morgan fingerprint density at radius 2 is 2.14 bits per heavy atom. The minimum absolute atomic E-state index is 0.0332. The van der Waals surface area contributed by atoms with Gasteiger partial charge in [-0.05, 0) is 32.1 Å². The Hall–Kier alpha value is -1.15. The van der Waals surface area contributed by atoms with Crippen LogP contribution >= 0.6 is 0 Å². The zero-order valence-corrected chi connectivity index (χ0v) is 14.4. The van der Waals surface area contributed by atoms with Crippen molar-refractivity contribution in [2.75, 3.05) is 25.9 Å². The summed E-state index contributed by atoms with van der Waals surface area (Å²) in [6.45, 7) is 4.77. The quantitative estimate of drug-likeness (QED) is 0.788. The van der Waals surface area contributed by atoms with Gasteiger partial charge in [-0.15, -0.1) is 0 Å². The number of nitrogens with zero attached hydrogens (tertiary/aromatic N) is 2. The van der Waals surface area contributed by atoms with E-state index in [1.54, 1.807) is 11.4 Å². The predicted molar refractivity (Wildman–Crippen MR) is 85.0 cm³/mol. The lowest BCUT2D eigenvalue weighted by atomic mass is 9.77. The molecule has 0 aromatic carbocycles. The molecular formula is C14H26N4O3S. The van der Waals surface area contributed by atoms with Crippen molar-refractivity contribution < 1.29 is 13.2 Å². The van der Waals surface area contributed by atoms with Gasteiger partial charge in [0.05, 0.1) is 17.7 Å². The van der Waals surface area contributed by atoms with Crippen LogP contribution in [0, 0.1) is 11.3 Å². The number of rotatable bonds is 4. The molecule has 1 amide bonds. The van der Waals surface area contributed by atoms with Gasteiger partial charge >= 0.3 is 0 Å². The molecule has 2 atom stereocenters. The molecule has 126 valence electrons. The highest BCUT2D eigenvalue weighted by atomic mass is 32.2. The maximum atomic E-state index is 12.3. The summed E-state index contributed by atoms with van der Waals surface area (Å²) < 4.78 is 26.1. The molecule has 0 bridgehead atoms. The molecule has 2 aliphatic heterocycles. The standard InChI is InChI=1S/C14H26N4O3S/c1-4-8-22(20,21)18-7-5-6-11(10-18)14(2)9-12(19)17(3)13(15)16-14/h11H,4-10H2,1-3H3,(H2,15,16)/t11?,14-/m0/s1. The summed E-state index contributed by atoms with van der Waals surface area (Å²) in [6.07, 6.45) is 2.55. The van der Waals surface area contributed by atoms with Gasteiger partial charge in [0.25, 0.3) is 0 Å². The SMILES string of the molecule is CCCS(=O)(=O)N1CCCC([C@]2(C)CC(=O)N(C)C(=N)N2)C1. The highest BCUT2D eigenvalue weighted by molar-refractivity contribution is 7.89. The van der Waals surface area contributed by atoms with Crippen molar-refractivity contribution in [3.05, 3.63) is 0 Å². The summed E-state index contributed by atoms with van der Waals surface area (Å²) in [7, 11) is -1.63. The van der Waals surface area contributed by atoms with Crippen LogP contribution in [0.1, 0.15) is 39.5 Å². The molecule has 0 aromatic heterocycles. The van der Waals surface area contributed by atoms with Crippen molar-refractivity contribution >= 4 is 21.9 Å². The van der Waals surface area contributed by atoms with E-state index >= 15 is 0 Å². The zero-order chi connectivity index (χ0) is 16.5. The average Bonchev–Trinajstić information content (AvgIpc) is 2.45. The monoisotopic (exact) mass is 330 g/mol. The molecule has 0 saturated carbocycles. The fraction of sp³-hybridized carbons (Fsp3) is 0.857. The lowest BCUT2D eigenvalue weighted by molar-refractivity contribution is -0.130. The van der Waals surface area contributed by atoms with Crippen LogP contribution in [0.3, 0.4) is 0 Å². The molecule has 0 radical (unpaired) electrons. The lowest BCUT2D eigenvalue weighted by Gasteiger charge is -2.47. The fourth-order valence-electron chi connectivity index (χ4n) is 3.30. The Kier molecular flexibility index (Phi) is 4.81. The lowest BCUT2D eigenvalue weighted by Crippen LogP contribution is -2.65. The number of hydrogen-bond acceptors (Lipinski definition) is 4. The van der Waals surface area contributed by atoms with Gasteiger partial charge in [-0.1, -0.05) is 6.92 Å². The molecule has 2 rings (SSSR count). The van der Waals surface area contributed by atoms with Crippen molar-refractivity contribution in [1.29, 1.82) is 5.41 Å². The van der Waals surface area contributed by atoms with Crippen molar-refractivity contribution in [1.82, 2.24) is 14.5 Å². The molecule has 1 unspecified atom stereocenters. The Labute approximate surface area is 132 Å². The van der Waals surface area contributed by atoms with E-state index in [2.05, 4.69) is 5.32 Å². The second-order valence-electron chi connectivity index (χ2n) is 6.53. The second-order valence-corrected chi connectivity index (χ2v) is 8.62. The maximum Gasteiger partial charge on any atom is 0.231 e. The summed E-state index contributed by atoms with van der Waals surface area (Å²) in [6, 6.07) is 0. The molecule has 2 saturated heterocycles. The number of guanidine groups is 1. The average molecular weight is 330 g/mol. The van der Waals surface area contributed by atoms with Gasteiger partial charge < -0.3 is 5.32 Å². The number of piperidine rings is 1. The third kappa shape index (κ3) is 3.27. The predicted octanol–water partition coefficient (Wildman–Crippen LogP) is 0.583. The third-order valence-electron chi connectivity index (χ3n) is 4.77. The molecule has 0 aliphatic carbocycles. The molecule has 22 heavy (non-hydrogen) atoms. The first-order valence-corrected chi connectivity index (χ1v) is 9.41. The summed E-state index contributed by atoms with van der Waals surface area (Å²) in [5, 5.41) is 11.0. The number of carbonyl (C=O) groups excluding carboxylic acids is 1. The van der Waals surface area contributed by atoms with E-state index in [1.165, 1.54) is 4.90 Å². The van der Waals surface area contributed by atoms with E-state index in [-0.39, 0.29) is 30.0 Å². The van der Waals surface area contributed by atoms with E-state index < -0.39 is 15.6 Å². The highest BCUT2D eigenvalue weighted by Gasteiger charge is 2.45. The van der Waals surface area contributed by atoms with Crippen LogP contribution in [0.4, 0.5) is 0 Å². The molecule has 2 aliphatic rings. The molecule has 2 fully saturated rings. The third-order valence-corrected chi connectivity index (χ3v) is 6.82. The molecule has 0 spiro atoms. The second kappa shape index (κ2) is 6.16. The van der Waals surface area contributed by atoms with E-state index in [9.17, 15) is 13.2 Å².